The number of hydrogen-bond acceptors (Lipinski definition) is 7. The Hall–Kier alpha value is -3.04. The van der Waals surface area contributed by atoms with E-state index in [0.717, 1.165) is 68.2 Å². The van der Waals surface area contributed by atoms with Crippen LogP contribution in [0.2, 0.25) is 0 Å². The van der Waals surface area contributed by atoms with E-state index in [2.05, 4.69) is 30.6 Å². The summed E-state index contributed by atoms with van der Waals surface area (Å²) in [4.78, 5) is 23.8. The van der Waals surface area contributed by atoms with Crippen LogP contribution in [0.5, 0.6) is 0 Å². The smallest absolute Gasteiger partial charge is 0.255 e. The summed E-state index contributed by atoms with van der Waals surface area (Å²) in [7, 11) is 0. The Bertz CT molecular complexity index is 984. The Labute approximate surface area is 175 Å². The summed E-state index contributed by atoms with van der Waals surface area (Å²) >= 11 is 0. The fourth-order valence-electron chi connectivity index (χ4n) is 3.56. The van der Waals surface area contributed by atoms with Gasteiger partial charge in [-0.2, -0.15) is 5.10 Å². The third-order valence-corrected chi connectivity index (χ3v) is 5.25. The molecule has 2 N–H and O–H groups in total. The van der Waals surface area contributed by atoms with Crippen LogP contribution >= 0.6 is 0 Å². The van der Waals surface area contributed by atoms with Gasteiger partial charge in [-0.25, -0.2) is 9.67 Å². The van der Waals surface area contributed by atoms with E-state index >= 15 is 0 Å². The van der Waals surface area contributed by atoms with Crippen LogP contribution in [-0.2, 0) is 17.8 Å². The Morgan fingerprint density at radius 2 is 2.00 bits per heavy atom. The molecule has 1 amide bonds. The minimum Gasteiger partial charge on any atom is -0.382 e. The molecule has 0 radical (unpaired) electrons. The lowest BCUT2D eigenvalue weighted by molar-refractivity contribution is 0.0398. The van der Waals surface area contributed by atoms with Gasteiger partial charge in [0.1, 0.15) is 0 Å². The Morgan fingerprint density at radius 1 is 1.20 bits per heavy atom. The summed E-state index contributed by atoms with van der Waals surface area (Å²) in [6.45, 7) is 8.18. The molecule has 1 aliphatic rings. The number of fused-ring (bicyclic) bond motifs is 1. The van der Waals surface area contributed by atoms with Crippen LogP contribution in [0.1, 0.15) is 22.8 Å². The molecule has 0 aromatic carbocycles. The van der Waals surface area contributed by atoms with Crippen LogP contribution in [0.25, 0.3) is 11.0 Å². The van der Waals surface area contributed by atoms with E-state index in [4.69, 9.17) is 4.74 Å². The first-order chi connectivity index (χ1) is 14.8. The molecule has 1 aliphatic heterocycles. The van der Waals surface area contributed by atoms with Gasteiger partial charge < -0.3 is 15.4 Å². The minimum absolute atomic E-state index is 0.167. The minimum atomic E-state index is -0.167. The number of aryl methyl sites for hydroxylation is 1. The van der Waals surface area contributed by atoms with E-state index < -0.39 is 0 Å². The Morgan fingerprint density at radius 3 is 2.77 bits per heavy atom. The topological polar surface area (TPSA) is 97.2 Å². The number of ether oxygens (including phenoxy) is 1. The van der Waals surface area contributed by atoms with Crippen LogP contribution in [0.15, 0.2) is 36.9 Å². The molecule has 4 heterocycles. The van der Waals surface area contributed by atoms with Crippen molar-refractivity contribution in [2.75, 3.05) is 44.7 Å². The third-order valence-electron chi connectivity index (χ3n) is 5.25. The average molecular weight is 409 g/mol. The van der Waals surface area contributed by atoms with Gasteiger partial charge in [0, 0.05) is 57.9 Å². The average Bonchev–Trinajstić information content (AvgIpc) is 3.22. The molecule has 0 aliphatic carbocycles. The van der Waals surface area contributed by atoms with E-state index in [-0.39, 0.29) is 5.91 Å². The molecule has 0 saturated carbocycles. The number of amides is 1. The van der Waals surface area contributed by atoms with Gasteiger partial charge in [-0.05, 0) is 24.6 Å². The van der Waals surface area contributed by atoms with Gasteiger partial charge in [-0.3, -0.25) is 14.7 Å². The second kappa shape index (κ2) is 9.64. The fraction of sp³-hybridized carbons (Fsp3) is 0.429. The van der Waals surface area contributed by atoms with Gasteiger partial charge in [-0.1, -0.05) is 0 Å². The number of carbonyl (C=O) groups excluding carboxylic acids is 1. The highest BCUT2D eigenvalue weighted by Crippen LogP contribution is 2.26. The first-order valence-electron chi connectivity index (χ1n) is 10.3. The lowest BCUT2D eigenvalue weighted by Crippen LogP contribution is -2.39. The van der Waals surface area contributed by atoms with Crippen molar-refractivity contribution in [3.63, 3.8) is 0 Å². The van der Waals surface area contributed by atoms with Crippen LogP contribution in [0, 0.1) is 0 Å². The van der Waals surface area contributed by atoms with Gasteiger partial charge in [0.2, 0.25) is 0 Å². The number of nitrogens with zero attached hydrogens (tertiary/aromatic N) is 5. The zero-order valence-corrected chi connectivity index (χ0v) is 17.2. The van der Waals surface area contributed by atoms with Crippen molar-refractivity contribution < 1.29 is 9.53 Å². The number of nitrogens with one attached hydrogen (secondary N) is 2. The number of pyridine rings is 2. The maximum Gasteiger partial charge on any atom is 0.255 e. The molecule has 9 nitrogen and oxygen atoms in total. The second-order valence-electron chi connectivity index (χ2n) is 7.16. The standard InChI is InChI=1S/C21H27N7O2/c1-2-28-20-17(15-26-28)19(23-7-8-27-9-11-30-12-10-27)18(14-24-20)21(29)25-13-16-3-5-22-6-4-16/h3-6,14-15H,2,7-13H2,1H3,(H,23,24)(H,25,29). The van der Waals surface area contributed by atoms with Crippen molar-refractivity contribution in [3.05, 3.63) is 48.0 Å². The van der Waals surface area contributed by atoms with E-state index in [0.29, 0.717) is 12.1 Å². The van der Waals surface area contributed by atoms with Crippen LogP contribution in [-0.4, -0.2) is 69.9 Å². The van der Waals surface area contributed by atoms with Gasteiger partial charge in [0.15, 0.2) is 5.65 Å². The molecule has 1 saturated heterocycles. The first-order valence-corrected chi connectivity index (χ1v) is 10.3. The number of aromatic nitrogens is 4. The first kappa shape index (κ1) is 20.2. The van der Waals surface area contributed by atoms with E-state index in [1.165, 1.54) is 0 Å². The highest BCUT2D eigenvalue weighted by atomic mass is 16.5. The van der Waals surface area contributed by atoms with E-state index in [1.807, 2.05) is 23.7 Å². The fourth-order valence-corrected chi connectivity index (χ4v) is 3.56. The highest BCUT2D eigenvalue weighted by Gasteiger charge is 2.18. The highest BCUT2D eigenvalue weighted by molar-refractivity contribution is 6.06. The molecule has 0 spiro atoms. The SMILES string of the molecule is CCn1ncc2c(NCCN3CCOCC3)c(C(=O)NCc3ccncc3)cnc21. The predicted molar refractivity (Wildman–Crippen MR) is 114 cm³/mol. The predicted octanol–water partition coefficient (Wildman–Crippen LogP) is 1.52. The molecule has 0 bridgehead atoms. The van der Waals surface area contributed by atoms with Crippen molar-refractivity contribution in [2.24, 2.45) is 0 Å². The second-order valence-corrected chi connectivity index (χ2v) is 7.16. The van der Waals surface area contributed by atoms with Crippen molar-refractivity contribution in [3.8, 4) is 0 Å². The van der Waals surface area contributed by atoms with Crippen molar-refractivity contribution in [1.29, 1.82) is 0 Å². The molecule has 1 fully saturated rings. The normalized spacial score (nSPS) is 14.7. The quantitative estimate of drug-likeness (QED) is 0.582. The maximum atomic E-state index is 13.0. The van der Waals surface area contributed by atoms with Gasteiger partial charge in [0.05, 0.1) is 36.0 Å². The van der Waals surface area contributed by atoms with Crippen molar-refractivity contribution in [1.82, 2.24) is 30.0 Å². The molecule has 0 atom stereocenters. The maximum absolute atomic E-state index is 13.0. The summed E-state index contributed by atoms with van der Waals surface area (Å²) in [6.07, 6.45) is 6.84. The molecule has 4 rings (SSSR count). The number of rotatable bonds is 8. The zero-order valence-electron chi connectivity index (χ0n) is 17.2. The monoisotopic (exact) mass is 409 g/mol. The third kappa shape index (κ3) is 4.58. The number of anilines is 1. The van der Waals surface area contributed by atoms with Crippen LogP contribution < -0.4 is 10.6 Å². The lowest BCUT2D eigenvalue weighted by atomic mass is 10.1. The van der Waals surface area contributed by atoms with Gasteiger partial charge in [-0.15, -0.1) is 0 Å². The molecular weight excluding hydrogens is 382 g/mol. The Kier molecular flexibility index (Phi) is 6.50. The van der Waals surface area contributed by atoms with Crippen LogP contribution in [0.4, 0.5) is 5.69 Å². The van der Waals surface area contributed by atoms with Crippen LogP contribution in [0.3, 0.4) is 0 Å². The summed E-state index contributed by atoms with van der Waals surface area (Å²) in [5, 5.41) is 11.7. The largest absolute Gasteiger partial charge is 0.382 e. The number of hydrogen-bond donors (Lipinski definition) is 2. The summed E-state index contributed by atoms with van der Waals surface area (Å²) in [5.74, 6) is -0.167. The zero-order chi connectivity index (χ0) is 20.8. The lowest BCUT2D eigenvalue weighted by Gasteiger charge is -2.26. The molecule has 9 heteroatoms. The van der Waals surface area contributed by atoms with E-state index in [9.17, 15) is 4.79 Å². The number of carbonyl (C=O) groups is 1. The van der Waals surface area contributed by atoms with E-state index in [1.54, 1.807) is 24.8 Å². The summed E-state index contributed by atoms with van der Waals surface area (Å²) in [5.41, 5.74) is 3.07. The van der Waals surface area contributed by atoms with Gasteiger partial charge >= 0.3 is 0 Å². The van der Waals surface area contributed by atoms with Gasteiger partial charge in [0.25, 0.3) is 5.91 Å². The molecule has 158 valence electrons. The Balaban J connectivity index is 1.53. The molecular formula is C21H27N7O2. The summed E-state index contributed by atoms with van der Waals surface area (Å²) in [6, 6.07) is 3.77. The molecule has 3 aromatic rings. The van der Waals surface area contributed by atoms with Crippen molar-refractivity contribution in [2.45, 2.75) is 20.0 Å². The molecule has 0 unspecified atom stereocenters. The number of morpholine rings is 1. The van der Waals surface area contributed by atoms with Crippen molar-refractivity contribution >= 4 is 22.6 Å². The molecule has 3 aromatic heterocycles. The molecule has 30 heavy (non-hydrogen) atoms. The summed E-state index contributed by atoms with van der Waals surface area (Å²) < 4.78 is 7.25.